The third kappa shape index (κ3) is 4.05. The number of hydrogen-bond acceptors (Lipinski definition) is 5. The molecular weight excluding hydrogens is 294 g/mol. The molecule has 0 unspecified atom stereocenters. The number of carbonyl (C=O) groups is 2. The largest absolute Gasteiger partial charge is 0.449 e. The number of nitrogens with zero attached hydrogens (tertiary/aromatic N) is 1. The molecule has 1 aliphatic carbocycles. The molecule has 1 N–H and O–H groups in total. The van der Waals surface area contributed by atoms with Crippen molar-refractivity contribution in [1.82, 2.24) is 4.98 Å². The topological polar surface area (TPSA) is 80.4 Å². The lowest BCUT2D eigenvalue weighted by atomic mass is 9.80. The molecule has 0 aromatic carbocycles. The van der Waals surface area contributed by atoms with Gasteiger partial charge in [-0.3, -0.25) is 9.59 Å². The van der Waals surface area contributed by atoms with Crippen LogP contribution in [0.1, 0.15) is 52.8 Å². The molecule has 23 heavy (non-hydrogen) atoms. The number of oxazole rings is 1. The number of hydrogen-bond donors (Lipinski definition) is 1. The highest BCUT2D eigenvalue weighted by Gasteiger charge is 2.30. The van der Waals surface area contributed by atoms with Crippen molar-refractivity contribution in [1.29, 1.82) is 0 Å². The van der Waals surface area contributed by atoms with Crippen LogP contribution in [0.2, 0.25) is 0 Å². The van der Waals surface area contributed by atoms with Gasteiger partial charge in [0.25, 0.3) is 0 Å². The van der Waals surface area contributed by atoms with E-state index in [0.29, 0.717) is 53.9 Å². The van der Waals surface area contributed by atoms with E-state index in [4.69, 9.17) is 4.42 Å². The average molecular weight is 317 g/mol. The third-order valence-electron chi connectivity index (χ3n) is 4.22. The van der Waals surface area contributed by atoms with Crippen LogP contribution in [0.25, 0.3) is 0 Å². The lowest BCUT2D eigenvalue weighted by Gasteiger charge is -2.23. The molecule has 5 nitrogen and oxygen atoms in total. The van der Waals surface area contributed by atoms with Gasteiger partial charge in [-0.25, -0.2) is 4.98 Å². The molecule has 1 aromatic heterocycles. The third-order valence-corrected chi connectivity index (χ3v) is 4.22. The van der Waals surface area contributed by atoms with Crippen LogP contribution in [0.15, 0.2) is 39.2 Å². The molecule has 0 saturated heterocycles. The van der Waals surface area contributed by atoms with Gasteiger partial charge in [-0.15, -0.1) is 0 Å². The first-order valence-electron chi connectivity index (χ1n) is 7.80. The summed E-state index contributed by atoms with van der Waals surface area (Å²) < 4.78 is 5.20. The average Bonchev–Trinajstić information content (AvgIpc) is 2.98. The van der Waals surface area contributed by atoms with Crippen LogP contribution in [-0.2, 0) is 16.0 Å². The monoisotopic (exact) mass is 317 g/mol. The van der Waals surface area contributed by atoms with E-state index in [1.807, 2.05) is 0 Å². The predicted octanol–water partition coefficient (Wildman–Crippen LogP) is 2.94. The second-order valence-corrected chi connectivity index (χ2v) is 6.60. The number of aryl methyl sites for hydroxylation is 1. The van der Waals surface area contributed by atoms with Crippen LogP contribution < -0.4 is 0 Å². The number of allylic oxidation sites excluding steroid dienone is 4. The van der Waals surface area contributed by atoms with Crippen LogP contribution in [0.3, 0.4) is 0 Å². The number of carbonyl (C=O) groups excluding carboxylic acids is 2. The van der Waals surface area contributed by atoms with Crippen LogP contribution in [0.5, 0.6) is 0 Å². The van der Waals surface area contributed by atoms with Crippen molar-refractivity contribution in [2.24, 2.45) is 0 Å². The Balaban J connectivity index is 2.28. The maximum absolute atomic E-state index is 12.6. The van der Waals surface area contributed by atoms with E-state index in [1.165, 1.54) is 6.26 Å². The normalized spacial score (nSPS) is 16.6. The highest BCUT2D eigenvalue weighted by atomic mass is 16.3. The quantitative estimate of drug-likeness (QED) is 0.816. The van der Waals surface area contributed by atoms with E-state index in [2.05, 4.69) is 4.98 Å². The summed E-state index contributed by atoms with van der Waals surface area (Å²) in [4.78, 5) is 29.2. The van der Waals surface area contributed by atoms with Crippen molar-refractivity contribution in [2.75, 3.05) is 0 Å². The summed E-state index contributed by atoms with van der Waals surface area (Å²) >= 11 is 0. The minimum Gasteiger partial charge on any atom is -0.449 e. The second kappa shape index (κ2) is 6.62. The fourth-order valence-corrected chi connectivity index (χ4v) is 2.64. The number of rotatable bonds is 6. The molecule has 0 atom stereocenters. The Morgan fingerprint density at radius 1 is 1.04 bits per heavy atom. The summed E-state index contributed by atoms with van der Waals surface area (Å²) in [6.07, 6.45) is 4.75. The Labute approximate surface area is 136 Å². The van der Waals surface area contributed by atoms with Crippen molar-refractivity contribution >= 4 is 11.6 Å². The number of ketones is 2. The summed E-state index contributed by atoms with van der Waals surface area (Å²) in [5.74, 6) is 0.372. The molecule has 2 rings (SSSR count). The highest BCUT2D eigenvalue weighted by Crippen LogP contribution is 2.31. The van der Waals surface area contributed by atoms with Gasteiger partial charge >= 0.3 is 0 Å². The molecule has 0 amide bonds. The first kappa shape index (κ1) is 17.3. The molecule has 5 heteroatoms. The van der Waals surface area contributed by atoms with Crippen molar-refractivity contribution < 1.29 is 19.1 Å². The van der Waals surface area contributed by atoms with Gasteiger partial charge in [-0.2, -0.15) is 0 Å². The van der Waals surface area contributed by atoms with Gasteiger partial charge in [-0.05, 0) is 47.0 Å². The van der Waals surface area contributed by atoms with Crippen LogP contribution in [0.4, 0.5) is 0 Å². The standard InChI is InChI=1S/C18H23NO4/c1-11-12(2)17(21)14(7-8-18(3,4)22)13(16(11)20)5-6-15-19-9-10-23-15/h9-10,22H,5-8H2,1-4H3. The number of Topliss-reactive ketones (excluding diaryl/α,β-unsaturated/α-hetero) is 2. The lowest BCUT2D eigenvalue weighted by molar-refractivity contribution is -0.116. The van der Waals surface area contributed by atoms with Gasteiger partial charge in [-0.1, -0.05) is 0 Å². The van der Waals surface area contributed by atoms with Crippen molar-refractivity contribution in [3.8, 4) is 0 Å². The molecule has 1 aliphatic rings. The zero-order chi connectivity index (χ0) is 17.2. The zero-order valence-corrected chi connectivity index (χ0v) is 14.1. The molecule has 0 radical (unpaired) electrons. The fraction of sp³-hybridized carbons (Fsp3) is 0.500. The second-order valence-electron chi connectivity index (χ2n) is 6.60. The minimum absolute atomic E-state index is 0.0839. The Kier molecular flexibility index (Phi) is 5.00. The maximum Gasteiger partial charge on any atom is 0.194 e. The van der Waals surface area contributed by atoms with E-state index in [1.54, 1.807) is 33.9 Å². The van der Waals surface area contributed by atoms with Crippen molar-refractivity contribution in [3.05, 3.63) is 40.6 Å². The van der Waals surface area contributed by atoms with Gasteiger partial charge in [0, 0.05) is 28.7 Å². The molecule has 1 aromatic rings. The van der Waals surface area contributed by atoms with Gasteiger partial charge in [0.2, 0.25) is 0 Å². The van der Waals surface area contributed by atoms with Crippen molar-refractivity contribution in [3.63, 3.8) is 0 Å². The Morgan fingerprint density at radius 2 is 1.61 bits per heavy atom. The molecule has 0 spiro atoms. The maximum atomic E-state index is 12.6. The smallest absolute Gasteiger partial charge is 0.194 e. The predicted molar refractivity (Wildman–Crippen MR) is 85.8 cm³/mol. The minimum atomic E-state index is -0.881. The number of aromatic nitrogens is 1. The molecule has 0 fully saturated rings. The van der Waals surface area contributed by atoms with Crippen molar-refractivity contribution in [2.45, 2.75) is 59.0 Å². The van der Waals surface area contributed by atoms with E-state index < -0.39 is 5.60 Å². The van der Waals surface area contributed by atoms with E-state index >= 15 is 0 Å². The van der Waals surface area contributed by atoms with E-state index in [-0.39, 0.29) is 11.6 Å². The lowest BCUT2D eigenvalue weighted by Crippen LogP contribution is -2.25. The van der Waals surface area contributed by atoms with Gasteiger partial charge in [0.15, 0.2) is 17.5 Å². The van der Waals surface area contributed by atoms with Gasteiger partial charge < -0.3 is 9.52 Å². The van der Waals surface area contributed by atoms with Crippen LogP contribution in [0, 0.1) is 0 Å². The molecule has 124 valence electrons. The summed E-state index contributed by atoms with van der Waals surface area (Å²) in [7, 11) is 0. The van der Waals surface area contributed by atoms with Gasteiger partial charge in [0.1, 0.15) is 6.26 Å². The first-order chi connectivity index (χ1) is 10.7. The molecule has 0 saturated carbocycles. The van der Waals surface area contributed by atoms with Crippen LogP contribution >= 0.6 is 0 Å². The molecule has 1 heterocycles. The summed E-state index contributed by atoms with van der Waals surface area (Å²) in [6.45, 7) is 6.77. The summed E-state index contributed by atoms with van der Waals surface area (Å²) in [6, 6.07) is 0. The SMILES string of the molecule is CC1=C(C)C(=O)C(CCC(C)(C)O)=C(CCc2ncco2)C1=O. The first-order valence-corrected chi connectivity index (χ1v) is 7.80. The highest BCUT2D eigenvalue weighted by molar-refractivity contribution is 6.24. The van der Waals surface area contributed by atoms with E-state index in [9.17, 15) is 14.7 Å². The number of aliphatic hydroxyl groups is 1. The van der Waals surface area contributed by atoms with Gasteiger partial charge in [0.05, 0.1) is 11.8 Å². The van der Waals surface area contributed by atoms with E-state index in [0.717, 1.165) is 0 Å². The molecule has 0 aliphatic heterocycles. The van der Waals surface area contributed by atoms with Crippen LogP contribution in [-0.4, -0.2) is 27.3 Å². The fourth-order valence-electron chi connectivity index (χ4n) is 2.64. The Bertz CT molecular complexity index is 672. The Morgan fingerprint density at radius 3 is 2.09 bits per heavy atom. The summed E-state index contributed by atoms with van der Waals surface area (Å²) in [5, 5.41) is 9.93. The Hall–Kier alpha value is -2.01. The molecule has 0 bridgehead atoms. The summed E-state index contributed by atoms with van der Waals surface area (Å²) in [5.41, 5.74) is 1.17. The molecular formula is C18H23NO4. The zero-order valence-electron chi connectivity index (χ0n) is 14.1.